The Morgan fingerprint density at radius 3 is 2.78 bits per heavy atom. The summed E-state index contributed by atoms with van der Waals surface area (Å²) in [5, 5.41) is 6.37. The standard InChI is InChI=1S/C28H26ClN7/c1-16-15-36(11-10-31-16)28-25-21(17-6-7-17)13-30-14-24(25)34-27(35-28)18-8-9-32-26-20(18)12-23(33-26)19-4-2-3-5-22(19)29/h2-5,8-9,12-14,16-17,31H,6-7,10-11,15H2,1H3,(H,32,33)/t16-/m0/s1. The number of hydrogen-bond donors (Lipinski definition) is 2. The van der Waals surface area contributed by atoms with Crippen molar-refractivity contribution in [3.8, 4) is 22.6 Å². The maximum absolute atomic E-state index is 6.49. The number of hydrogen-bond acceptors (Lipinski definition) is 6. The Balaban J connectivity index is 1.43. The minimum Gasteiger partial charge on any atom is -0.353 e. The highest BCUT2D eigenvalue weighted by atomic mass is 35.5. The van der Waals surface area contributed by atoms with Gasteiger partial charge in [0.15, 0.2) is 5.82 Å². The summed E-state index contributed by atoms with van der Waals surface area (Å²) in [4.78, 5) is 25.3. The molecular formula is C28H26ClN7. The zero-order valence-corrected chi connectivity index (χ0v) is 20.8. The smallest absolute Gasteiger partial charge is 0.163 e. The fraction of sp³-hybridized carbons (Fsp3) is 0.286. The normalized spacial score (nSPS) is 18.3. The Labute approximate surface area is 214 Å². The van der Waals surface area contributed by atoms with Crippen LogP contribution in [0.15, 0.2) is 55.0 Å². The average Bonchev–Trinajstić information content (AvgIpc) is 3.65. The molecule has 1 aliphatic carbocycles. The molecule has 5 heterocycles. The summed E-state index contributed by atoms with van der Waals surface area (Å²) in [6.07, 6.45) is 8.12. The van der Waals surface area contributed by atoms with E-state index in [0.717, 1.165) is 64.2 Å². The molecular weight excluding hydrogens is 470 g/mol. The van der Waals surface area contributed by atoms with Crippen LogP contribution in [0.2, 0.25) is 5.02 Å². The number of nitrogens with one attached hydrogen (secondary N) is 2. The van der Waals surface area contributed by atoms with Crippen LogP contribution < -0.4 is 10.2 Å². The molecule has 0 radical (unpaired) electrons. The second-order valence-corrected chi connectivity index (χ2v) is 10.3. The molecule has 2 N–H and O–H groups in total. The SMILES string of the molecule is C[C@H]1CN(c2nc(-c3ccnc4[nH]c(-c5ccccc5Cl)cc34)nc3cncc(C4CC4)c23)CCN1. The van der Waals surface area contributed by atoms with Crippen LogP contribution in [0.3, 0.4) is 0 Å². The van der Waals surface area contributed by atoms with Crippen LogP contribution >= 0.6 is 11.6 Å². The predicted molar refractivity (Wildman–Crippen MR) is 145 cm³/mol. The molecule has 1 aromatic carbocycles. The van der Waals surface area contributed by atoms with Gasteiger partial charge in [0.2, 0.25) is 0 Å². The van der Waals surface area contributed by atoms with Crippen molar-refractivity contribution in [2.24, 2.45) is 0 Å². The Morgan fingerprint density at radius 1 is 1.06 bits per heavy atom. The van der Waals surface area contributed by atoms with E-state index < -0.39 is 0 Å². The van der Waals surface area contributed by atoms with Crippen molar-refractivity contribution >= 4 is 39.4 Å². The van der Waals surface area contributed by atoms with E-state index in [1.165, 1.54) is 18.4 Å². The zero-order valence-electron chi connectivity index (χ0n) is 20.0. The molecule has 1 aliphatic heterocycles. The van der Waals surface area contributed by atoms with E-state index in [1.54, 1.807) is 0 Å². The van der Waals surface area contributed by atoms with Crippen LogP contribution in [0, 0.1) is 0 Å². The molecule has 180 valence electrons. The van der Waals surface area contributed by atoms with Crippen LogP contribution in [-0.2, 0) is 0 Å². The van der Waals surface area contributed by atoms with Crippen molar-refractivity contribution in [3.63, 3.8) is 0 Å². The third-order valence-electron chi connectivity index (χ3n) is 7.24. The van der Waals surface area contributed by atoms with Gasteiger partial charge in [0, 0.05) is 70.7 Å². The van der Waals surface area contributed by atoms with Crippen molar-refractivity contribution in [2.45, 2.75) is 31.7 Å². The van der Waals surface area contributed by atoms with Gasteiger partial charge in [0.1, 0.15) is 11.5 Å². The quantitative estimate of drug-likeness (QED) is 0.339. The number of aromatic amines is 1. The summed E-state index contributed by atoms with van der Waals surface area (Å²) in [6, 6.07) is 12.3. The number of fused-ring (bicyclic) bond motifs is 2. The summed E-state index contributed by atoms with van der Waals surface area (Å²) in [5.74, 6) is 2.26. The molecule has 4 aromatic heterocycles. The largest absolute Gasteiger partial charge is 0.353 e. The highest BCUT2D eigenvalue weighted by Crippen LogP contribution is 2.45. The lowest BCUT2D eigenvalue weighted by Gasteiger charge is -2.33. The van der Waals surface area contributed by atoms with Crippen molar-refractivity contribution in [3.05, 3.63) is 65.6 Å². The lowest BCUT2D eigenvalue weighted by Crippen LogP contribution is -2.49. The van der Waals surface area contributed by atoms with E-state index in [1.807, 2.05) is 48.9 Å². The first kappa shape index (κ1) is 21.7. The Hall–Kier alpha value is -3.55. The van der Waals surface area contributed by atoms with E-state index in [9.17, 15) is 0 Å². The maximum atomic E-state index is 6.49. The Bertz CT molecular complexity index is 1610. The average molecular weight is 496 g/mol. The molecule has 0 spiro atoms. The number of aromatic nitrogens is 5. The molecule has 7 rings (SSSR count). The van der Waals surface area contributed by atoms with Gasteiger partial charge in [-0.05, 0) is 49.4 Å². The monoisotopic (exact) mass is 495 g/mol. The van der Waals surface area contributed by atoms with E-state index in [4.69, 9.17) is 21.6 Å². The van der Waals surface area contributed by atoms with E-state index in [0.29, 0.717) is 22.8 Å². The molecule has 2 fully saturated rings. The highest BCUT2D eigenvalue weighted by Gasteiger charge is 2.30. The lowest BCUT2D eigenvalue weighted by atomic mass is 10.1. The van der Waals surface area contributed by atoms with Crippen LogP contribution in [-0.4, -0.2) is 50.6 Å². The van der Waals surface area contributed by atoms with Crippen molar-refractivity contribution in [2.75, 3.05) is 24.5 Å². The summed E-state index contributed by atoms with van der Waals surface area (Å²) >= 11 is 6.49. The van der Waals surface area contributed by atoms with E-state index in [2.05, 4.69) is 38.2 Å². The first-order valence-corrected chi connectivity index (χ1v) is 12.9. The van der Waals surface area contributed by atoms with Crippen molar-refractivity contribution in [1.29, 1.82) is 0 Å². The van der Waals surface area contributed by atoms with Gasteiger partial charge in [-0.1, -0.05) is 29.8 Å². The molecule has 1 atom stereocenters. The van der Waals surface area contributed by atoms with Crippen LogP contribution in [0.4, 0.5) is 5.82 Å². The minimum absolute atomic E-state index is 0.397. The van der Waals surface area contributed by atoms with Gasteiger partial charge in [-0.15, -0.1) is 0 Å². The fourth-order valence-corrected chi connectivity index (χ4v) is 5.55. The molecule has 1 saturated heterocycles. The second kappa shape index (κ2) is 8.54. The minimum atomic E-state index is 0.397. The molecule has 2 aliphatic rings. The molecule has 7 nitrogen and oxygen atoms in total. The molecule has 36 heavy (non-hydrogen) atoms. The topological polar surface area (TPSA) is 82.6 Å². The number of benzene rings is 1. The van der Waals surface area contributed by atoms with Crippen LogP contribution in [0.5, 0.6) is 0 Å². The van der Waals surface area contributed by atoms with E-state index in [-0.39, 0.29) is 0 Å². The number of piperazine rings is 1. The lowest BCUT2D eigenvalue weighted by molar-refractivity contribution is 0.483. The number of halogens is 1. The number of anilines is 1. The van der Waals surface area contributed by atoms with E-state index >= 15 is 0 Å². The van der Waals surface area contributed by atoms with Gasteiger partial charge < -0.3 is 15.2 Å². The van der Waals surface area contributed by atoms with Gasteiger partial charge in [0.05, 0.1) is 11.7 Å². The first-order valence-electron chi connectivity index (χ1n) is 12.5. The molecule has 0 unspecified atom stereocenters. The summed E-state index contributed by atoms with van der Waals surface area (Å²) in [7, 11) is 0. The first-order chi connectivity index (χ1) is 17.7. The Kier molecular flexibility index (Phi) is 5.15. The molecule has 5 aromatic rings. The number of nitrogens with zero attached hydrogens (tertiary/aromatic N) is 5. The molecule has 0 bridgehead atoms. The number of H-pyrrole nitrogens is 1. The second-order valence-electron chi connectivity index (χ2n) is 9.85. The Morgan fingerprint density at radius 2 is 1.94 bits per heavy atom. The van der Waals surface area contributed by atoms with Gasteiger partial charge in [-0.25, -0.2) is 15.0 Å². The van der Waals surface area contributed by atoms with Gasteiger partial charge in [0.25, 0.3) is 0 Å². The summed E-state index contributed by atoms with van der Waals surface area (Å²) in [6.45, 7) is 4.98. The third kappa shape index (κ3) is 3.70. The van der Waals surface area contributed by atoms with Crippen LogP contribution in [0.25, 0.3) is 44.6 Å². The van der Waals surface area contributed by atoms with Crippen LogP contribution in [0.1, 0.15) is 31.2 Å². The van der Waals surface area contributed by atoms with Gasteiger partial charge in [-0.2, -0.15) is 0 Å². The highest BCUT2D eigenvalue weighted by molar-refractivity contribution is 6.33. The number of rotatable bonds is 4. The maximum Gasteiger partial charge on any atom is 0.163 e. The zero-order chi connectivity index (χ0) is 24.2. The predicted octanol–water partition coefficient (Wildman–Crippen LogP) is 5.56. The summed E-state index contributed by atoms with van der Waals surface area (Å²) in [5.41, 5.74) is 5.77. The van der Waals surface area contributed by atoms with Crippen molar-refractivity contribution < 1.29 is 0 Å². The summed E-state index contributed by atoms with van der Waals surface area (Å²) < 4.78 is 0. The molecule has 8 heteroatoms. The molecule has 0 amide bonds. The number of pyridine rings is 2. The van der Waals surface area contributed by atoms with Gasteiger partial charge in [-0.3, -0.25) is 4.98 Å². The molecule has 1 saturated carbocycles. The third-order valence-corrected chi connectivity index (χ3v) is 7.57. The van der Waals surface area contributed by atoms with Crippen molar-refractivity contribution in [1.82, 2.24) is 30.2 Å². The fourth-order valence-electron chi connectivity index (χ4n) is 5.31. The van der Waals surface area contributed by atoms with Gasteiger partial charge >= 0.3 is 0 Å².